The van der Waals surface area contributed by atoms with Crippen LogP contribution in [0.5, 0.6) is 5.75 Å². The first-order chi connectivity index (χ1) is 13.5. The largest absolute Gasteiger partial charge is 0.487 e. The summed E-state index contributed by atoms with van der Waals surface area (Å²) in [7, 11) is 0. The first-order valence-corrected chi connectivity index (χ1v) is 9.81. The van der Waals surface area contributed by atoms with Crippen LogP contribution >= 0.6 is 11.6 Å². The summed E-state index contributed by atoms with van der Waals surface area (Å²) >= 11 is 6.08. The molecule has 1 aromatic carbocycles. The minimum Gasteiger partial charge on any atom is -0.487 e. The van der Waals surface area contributed by atoms with E-state index in [1.165, 1.54) is 0 Å². The van der Waals surface area contributed by atoms with Crippen LogP contribution < -0.4 is 10.5 Å². The van der Waals surface area contributed by atoms with Crippen molar-refractivity contribution in [3.8, 4) is 5.75 Å². The molecule has 2 aromatic heterocycles. The summed E-state index contributed by atoms with van der Waals surface area (Å²) in [5.41, 5.74) is 8.50. The van der Waals surface area contributed by atoms with Gasteiger partial charge >= 0.3 is 0 Å². The number of nitrogens with zero attached hydrogens (tertiary/aromatic N) is 2. The van der Waals surface area contributed by atoms with Gasteiger partial charge in [-0.1, -0.05) is 11.6 Å². The Hall–Kier alpha value is -2.12. The summed E-state index contributed by atoms with van der Waals surface area (Å²) in [6.07, 6.45) is 2.26. The molecular weight excluding hydrogens is 378 g/mol. The Morgan fingerprint density at radius 3 is 2.86 bits per heavy atom. The highest BCUT2D eigenvalue weighted by Crippen LogP contribution is 2.37. The number of fused-ring (bicyclic) bond motifs is 1. The van der Waals surface area contributed by atoms with Crippen molar-refractivity contribution in [2.45, 2.75) is 44.1 Å². The predicted octanol–water partition coefficient (Wildman–Crippen LogP) is 2.61. The van der Waals surface area contributed by atoms with Crippen LogP contribution in [-0.4, -0.2) is 44.6 Å². The van der Waals surface area contributed by atoms with Crippen LogP contribution in [0.15, 0.2) is 42.7 Å². The average molecular weight is 402 g/mol. The molecule has 2 unspecified atom stereocenters. The molecule has 6 nitrogen and oxygen atoms in total. The van der Waals surface area contributed by atoms with E-state index >= 15 is 0 Å². The minimum atomic E-state index is -1.01. The van der Waals surface area contributed by atoms with Crippen molar-refractivity contribution < 1.29 is 14.9 Å². The fraction of sp³-hybridized carbons (Fsp3) is 0.381. The van der Waals surface area contributed by atoms with Crippen LogP contribution in [0.4, 0.5) is 0 Å². The van der Waals surface area contributed by atoms with Crippen LogP contribution in [0.3, 0.4) is 0 Å². The first kappa shape index (κ1) is 19.2. The van der Waals surface area contributed by atoms with Gasteiger partial charge in [-0.2, -0.15) is 0 Å². The molecule has 0 spiro atoms. The lowest BCUT2D eigenvalue weighted by Crippen LogP contribution is -2.34. The van der Waals surface area contributed by atoms with E-state index in [4.69, 9.17) is 22.1 Å². The number of pyridine rings is 1. The lowest BCUT2D eigenvalue weighted by molar-refractivity contribution is -0.0165. The zero-order valence-corrected chi connectivity index (χ0v) is 16.4. The first-order valence-electron chi connectivity index (χ1n) is 9.43. The molecule has 28 heavy (non-hydrogen) atoms. The van der Waals surface area contributed by atoms with Crippen molar-refractivity contribution in [1.29, 1.82) is 0 Å². The molecule has 0 radical (unpaired) electrons. The quantitative estimate of drug-likeness (QED) is 0.611. The number of hydrogen-bond acceptors (Lipinski definition) is 5. The standard InChI is InChI=1S/C21H24ClN3O3/c1-12-5-8-24-21-15(12)6-9-25(21)16-11-18(20(27)19(16)26)28-17-3-2-14(22)10-13(17)4-7-23/h2-3,5-6,8-10,16,18-20,26-27H,4,7,11,23H2,1H3/t16?,18?,19-,20+/m0/s1. The number of aromatic nitrogens is 2. The highest BCUT2D eigenvalue weighted by molar-refractivity contribution is 6.30. The minimum absolute atomic E-state index is 0.322. The third kappa shape index (κ3) is 3.37. The summed E-state index contributed by atoms with van der Waals surface area (Å²) < 4.78 is 8.04. The van der Waals surface area contributed by atoms with Crippen molar-refractivity contribution in [3.05, 3.63) is 58.9 Å². The summed E-state index contributed by atoms with van der Waals surface area (Å²) in [5, 5.41) is 23.0. The van der Waals surface area contributed by atoms with E-state index < -0.39 is 18.3 Å². The van der Waals surface area contributed by atoms with Gasteiger partial charge in [-0.25, -0.2) is 4.98 Å². The Bertz CT molecular complexity index is 990. The molecule has 0 bridgehead atoms. The number of nitrogens with two attached hydrogens (primary N) is 1. The number of aliphatic hydroxyl groups excluding tert-OH is 2. The second-order valence-corrected chi connectivity index (χ2v) is 7.76. The molecule has 0 amide bonds. The van der Waals surface area contributed by atoms with Crippen LogP contribution in [0.2, 0.25) is 5.02 Å². The van der Waals surface area contributed by atoms with Crippen molar-refractivity contribution in [2.75, 3.05) is 6.54 Å². The highest BCUT2D eigenvalue weighted by Gasteiger charge is 2.44. The van der Waals surface area contributed by atoms with Crippen LogP contribution in [0, 0.1) is 6.92 Å². The molecule has 4 rings (SSSR count). The second kappa shape index (κ2) is 7.72. The molecule has 1 aliphatic carbocycles. The Morgan fingerprint density at radius 1 is 1.25 bits per heavy atom. The number of rotatable bonds is 5. The number of aryl methyl sites for hydroxylation is 1. The van der Waals surface area contributed by atoms with Crippen molar-refractivity contribution >= 4 is 22.6 Å². The second-order valence-electron chi connectivity index (χ2n) is 7.32. The average Bonchev–Trinajstić information content (AvgIpc) is 3.21. The lowest BCUT2D eigenvalue weighted by atomic mass is 10.1. The number of ether oxygens (including phenoxy) is 1. The van der Waals surface area contributed by atoms with Gasteiger partial charge in [-0.3, -0.25) is 0 Å². The SMILES string of the molecule is Cc1ccnc2c1ccn2C1CC(Oc2ccc(Cl)cc2CCN)[C@@H](O)[C@H]1O. The van der Waals surface area contributed by atoms with Crippen LogP contribution in [0.25, 0.3) is 11.0 Å². The fourth-order valence-electron chi connectivity index (χ4n) is 4.00. The van der Waals surface area contributed by atoms with Gasteiger partial charge in [0.1, 0.15) is 29.7 Å². The topological polar surface area (TPSA) is 93.5 Å². The molecule has 0 saturated heterocycles. The maximum absolute atomic E-state index is 10.7. The highest BCUT2D eigenvalue weighted by atomic mass is 35.5. The monoisotopic (exact) mass is 401 g/mol. The molecule has 7 heteroatoms. The Kier molecular flexibility index (Phi) is 5.29. The van der Waals surface area contributed by atoms with E-state index in [2.05, 4.69) is 4.98 Å². The van der Waals surface area contributed by atoms with E-state index in [0.717, 1.165) is 22.2 Å². The van der Waals surface area contributed by atoms with Crippen LogP contribution in [0.1, 0.15) is 23.6 Å². The van der Waals surface area contributed by atoms with Gasteiger partial charge < -0.3 is 25.3 Å². The predicted molar refractivity (Wildman–Crippen MR) is 109 cm³/mol. The molecule has 1 saturated carbocycles. The number of halogens is 1. The third-order valence-corrected chi connectivity index (χ3v) is 5.74. The molecule has 4 atom stereocenters. The van der Waals surface area contributed by atoms with E-state index in [-0.39, 0.29) is 6.04 Å². The normalized spacial score (nSPS) is 24.8. The molecule has 0 aliphatic heterocycles. The van der Waals surface area contributed by atoms with E-state index in [0.29, 0.717) is 30.2 Å². The fourth-order valence-corrected chi connectivity index (χ4v) is 4.19. The van der Waals surface area contributed by atoms with Gasteiger partial charge in [0.25, 0.3) is 0 Å². The molecule has 1 aliphatic rings. The van der Waals surface area contributed by atoms with Gasteiger partial charge in [0.05, 0.1) is 6.04 Å². The van der Waals surface area contributed by atoms with E-state index in [1.54, 1.807) is 18.3 Å². The van der Waals surface area contributed by atoms with Gasteiger partial charge in [-0.15, -0.1) is 0 Å². The Balaban J connectivity index is 1.61. The maximum Gasteiger partial charge on any atom is 0.140 e. The zero-order valence-electron chi connectivity index (χ0n) is 15.6. The van der Waals surface area contributed by atoms with Crippen molar-refractivity contribution in [3.63, 3.8) is 0 Å². The molecular formula is C21H24ClN3O3. The summed E-state index contributed by atoms with van der Waals surface area (Å²) in [6.45, 7) is 2.50. The molecule has 1 fully saturated rings. The van der Waals surface area contributed by atoms with Gasteiger partial charge in [0.15, 0.2) is 0 Å². The smallest absolute Gasteiger partial charge is 0.140 e. The number of aliphatic hydroxyl groups is 2. The van der Waals surface area contributed by atoms with Gasteiger partial charge in [-0.05, 0) is 61.3 Å². The van der Waals surface area contributed by atoms with Gasteiger partial charge in [0.2, 0.25) is 0 Å². The maximum atomic E-state index is 10.7. The Labute approximate surface area is 168 Å². The van der Waals surface area contributed by atoms with E-state index in [9.17, 15) is 10.2 Å². The number of benzene rings is 1. The lowest BCUT2D eigenvalue weighted by Gasteiger charge is -2.20. The van der Waals surface area contributed by atoms with Gasteiger partial charge in [0, 0.05) is 29.2 Å². The molecule has 148 valence electrons. The Morgan fingerprint density at radius 2 is 2.07 bits per heavy atom. The zero-order chi connectivity index (χ0) is 19.8. The summed E-state index contributed by atoms with van der Waals surface area (Å²) in [5.74, 6) is 0.637. The van der Waals surface area contributed by atoms with E-state index in [1.807, 2.05) is 35.9 Å². The van der Waals surface area contributed by atoms with Crippen molar-refractivity contribution in [2.24, 2.45) is 5.73 Å². The van der Waals surface area contributed by atoms with Crippen molar-refractivity contribution in [1.82, 2.24) is 9.55 Å². The number of hydrogen-bond donors (Lipinski definition) is 3. The molecule has 4 N–H and O–H groups in total. The molecule has 3 aromatic rings. The molecule has 2 heterocycles. The third-order valence-electron chi connectivity index (χ3n) is 5.50. The summed E-state index contributed by atoms with van der Waals surface area (Å²) in [4.78, 5) is 4.46. The summed E-state index contributed by atoms with van der Waals surface area (Å²) in [6, 6.07) is 8.98. The van der Waals surface area contributed by atoms with Crippen LogP contribution in [-0.2, 0) is 6.42 Å².